The van der Waals surface area contributed by atoms with Crippen LogP contribution >= 0.6 is 0 Å². The summed E-state index contributed by atoms with van der Waals surface area (Å²) in [5.41, 5.74) is 2.17. The number of morpholine rings is 1. The van der Waals surface area contributed by atoms with E-state index in [2.05, 4.69) is 22.5 Å². The van der Waals surface area contributed by atoms with E-state index in [9.17, 15) is 9.90 Å². The number of aliphatic hydroxyl groups is 1. The summed E-state index contributed by atoms with van der Waals surface area (Å²) in [4.78, 5) is 21.7. The minimum atomic E-state index is -0.485. The third kappa shape index (κ3) is 4.24. The average Bonchev–Trinajstić information content (AvgIpc) is 3.33. The number of imidazole rings is 1. The van der Waals surface area contributed by atoms with Gasteiger partial charge in [0.1, 0.15) is 5.82 Å². The normalized spacial score (nSPS) is 25.1. The first kappa shape index (κ1) is 21.3. The molecule has 0 spiro atoms. The van der Waals surface area contributed by atoms with Crippen molar-refractivity contribution in [2.45, 2.75) is 63.8 Å². The van der Waals surface area contributed by atoms with Crippen molar-refractivity contribution < 1.29 is 14.6 Å². The summed E-state index contributed by atoms with van der Waals surface area (Å²) in [7, 11) is 1.85. The first-order chi connectivity index (χ1) is 14.6. The summed E-state index contributed by atoms with van der Waals surface area (Å²) in [5, 5.41) is 10.9. The Labute approximate surface area is 178 Å². The van der Waals surface area contributed by atoms with E-state index in [1.807, 2.05) is 25.2 Å². The number of hydrogen-bond acceptors (Lipinski definition) is 5. The number of carbonyl (C=O) groups is 1. The Morgan fingerprint density at radius 3 is 2.80 bits per heavy atom. The summed E-state index contributed by atoms with van der Waals surface area (Å²) >= 11 is 0. The van der Waals surface area contributed by atoms with Gasteiger partial charge in [-0.1, -0.05) is 12.1 Å². The summed E-state index contributed by atoms with van der Waals surface area (Å²) in [6.07, 6.45) is 3.34. The highest BCUT2D eigenvalue weighted by Crippen LogP contribution is 2.29. The number of ether oxygens (including phenoxy) is 1. The fraction of sp³-hybridized carbons (Fsp3) is 0.652. The number of benzene rings is 1. The standard InChI is InChI=1S/C23H34N4O3/c1-3-27-18-8-5-4-7-17(18)24-21(27)9-6-10-22(28)25(2)19-11-12-20(23(19)29)26-13-15-30-16-14-26/h4-5,7-8,19-20,23,29H,3,6,9-16H2,1-2H3/t19-,20-,23-/m1/s1. The zero-order valence-electron chi connectivity index (χ0n) is 18.2. The molecule has 30 heavy (non-hydrogen) atoms. The second-order valence-electron chi connectivity index (χ2n) is 8.47. The van der Waals surface area contributed by atoms with Crippen LogP contribution in [0.25, 0.3) is 11.0 Å². The van der Waals surface area contributed by atoms with E-state index in [1.54, 1.807) is 4.90 Å². The van der Waals surface area contributed by atoms with Gasteiger partial charge in [0, 0.05) is 45.6 Å². The van der Waals surface area contributed by atoms with Crippen LogP contribution in [0.1, 0.15) is 38.4 Å². The van der Waals surface area contributed by atoms with E-state index in [0.29, 0.717) is 6.42 Å². The molecule has 2 fully saturated rings. The molecule has 1 saturated carbocycles. The van der Waals surface area contributed by atoms with E-state index in [0.717, 1.165) is 75.4 Å². The quantitative estimate of drug-likeness (QED) is 0.751. The van der Waals surface area contributed by atoms with Gasteiger partial charge in [-0.15, -0.1) is 0 Å². The van der Waals surface area contributed by atoms with Gasteiger partial charge in [-0.2, -0.15) is 0 Å². The van der Waals surface area contributed by atoms with Crippen LogP contribution in [-0.2, 0) is 22.5 Å². The molecular weight excluding hydrogens is 380 g/mol. The Bertz CT molecular complexity index is 861. The molecule has 1 aromatic carbocycles. The summed E-state index contributed by atoms with van der Waals surface area (Å²) < 4.78 is 7.66. The lowest BCUT2D eigenvalue weighted by Crippen LogP contribution is -2.51. The molecule has 1 aliphatic heterocycles. The van der Waals surface area contributed by atoms with Gasteiger partial charge in [-0.25, -0.2) is 4.98 Å². The fourth-order valence-electron chi connectivity index (χ4n) is 5.10. The van der Waals surface area contributed by atoms with Gasteiger partial charge in [-0.3, -0.25) is 9.69 Å². The zero-order chi connectivity index (χ0) is 21.1. The number of aliphatic hydroxyl groups excluding tert-OH is 1. The van der Waals surface area contributed by atoms with Crippen LogP contribution in [0.15, 0.2) is 24.3 Å². The topological polar surface area (TPSA) is 70.8 Å². The Morgan fingerprint density at radius 2 is 2.03 bits per heavy atom. The number of aryl methyl sites for hydroxylation is 2. The van der Waals surface area contributed by atoms with Crippen molar-refractivity contribution in [3.05, 3.63) is 30.1 Å². The average molecular weight is 415 g/mol. The van der Waals surface area contributed by atoms with Crippen LogP contribution in [0.2, 0.25) is 0 Å². The minimum Gasteiger partial charge on any atom is -0.389 e. The molecule has 1 N–H and O–H groups in total. The maximum atomic E-state index is 12.8. The van der Waals surface area contributed by atoms with E-state index in [-0.39, 0.29) is 18.0 Å². The van der Waals surface area contributed by atoms with Crippen LogP contribution in [0.3, 0.4) is 0 Å². The van der Waals surface area contributed by atoms with Gasteiger partial charge in [0.25, 0.3) is 0 Å². The largest absolute Gasteiger partial charge is 0.389 e. The highest BCUT2D eigenvalue weighted by Gasteiger charge is 2.41. The van der Waals surface area contributed by atoms with Gasteiger partial charge >= 0.3 is 0 Å². The third-order valence-corrected chi connectivity index (χ3v) is 6.79. The molecule has 0 radical (unpaired) electrons. The zero-order valence-corrected chi connectivity index (χ0v) is 18.2. The van der Waals surface area contributed by atoms with Gasteiger partial charge in [-0.05, 0) is 38.3 Å². The number of carbonyl (C=O) groups excluding carboxylic acids is 1. The van der Waals surface area contributed by atoms with Crippen LogP contribution in [0, 0.1) is 0 Å². The van der Waals surface area contributed by atoms with E-state index < -0.39 is 6.10 Å². The molecule has 2 heterocycles. The predicted molar refractivity (Wildman–Crippen MR) is 116 cm³/mol. The van der Waals surface area contributed by atoms with Crippen molar-refractivity contribution >= 4 is 16.9 Å². The Kier molecular flexibility index (Phi) is 6.71. The van der Waals surface area contributed by atoms with Crippen LogP contribution in [0.5, 0.6) is 0 Å². The van der Waals surface area contributed by atoms with Crippen molar-refractivity contribution in [1.29, 1.82) is 0 Å². The highest BCUT2D eigenvalue weighted by atomic mass is 16.5. The summed E-state index contributed by atoms with van der Waals surface area (Å²) in [6.45, 7) is 6.19. The number of amides is 1. The van der Waals surface area contributed by atoms with Crippen LogP contribution in [-0.4, -0.2) is 81.9 Å². The second kappa shape index (κ2) is 9.45. The molecule has 1 amide bonds. The highest BCUT2D eigenvalue weighted by molar-refractivity contribution is 5.77. The molecular formula is C23H34N4O3. The monoisotopic (exact) mass is 414 g/mol. The maximum absolute atomic E-state index is 12.8. The number of likely N-dealkylation sites (N-methyl/N-ethyl adjacent to an activating group) is 1. The predicted octanol–water partition coefficient (Wildman–Crippen LogP) is 2.06. The number of rotatable bonds is 7. The molecule has 1 saturated heterocycles. The summed E-state index contributed by atoms with van der Waals surface area (Å²) in [6, 6.07) is 8.23. The Morgan fingerprint density at radius 1 is 1.27 bits per heavy atom. The van der Waals surface area contributed by atoms with Gasteiger partial charge < -0.3 is 19.3 Å². The molecule has 2 aromatic rings. The lowest BCUT2D eigenvalue weighted by molar-refractivity contribution is -0.134. The SMILES string of the molecule is CCn1c(CCCC(=O)N(C)[C@@H]2CC[C@@H](N3CCOCC3)[C@@H]2O)nc2ccccc21. The van der Waals surface area contributed by atoms with E-state index in [4.69, 9.17) is 9.72 Å². The number of nitrogens with zero attached hydrogens (tertiary/aromatic N) is 4. The van der Waals surface area contributed by atoms with Crippen LogP contribution in [0.4, 0.5) is 0 Å². The van der Waals surface area contributed by atoms with Gasteiger partial charge in [0.2, 0.25) is 5.91 Å². The van der Waals surface area contributed by atoms with E-state index >= 15 is 0 Å². The second-order valence-corrected chi connectivity index (χ2v) is 8.47. The molecule has 2 aliphatic rings. The first-order valence-electron chi connectivity index (χ1n) is 11.3. The van der Waals surface area contributed by atoms with Gasteiger partial charge in [0.05, 0.1) is 36.4 Å². The molecule has 4 rings (SSSR count). The number of hydrogen-bond donors (Lipinski definition) is 1. The Hall–Kier alpha value is -1.96. The number of aromatic nitrogens is 2. The van der Waals surface area contributed by atoms with Crippen molar-refractivity contribution in [3.8, 4) is 0 Å². The molecule has 0 unspecified atom stereocenters. The molecule has 0 bridgehead atoms. The Balaban J connectivity index is 1.31. The molecule has 164 valence electrons. The smallest absolute Gasteiger partial charge is 0.222 e. The van der Waals surface area contributed by atoms with Crippen molar-refractivity contribution in [1.82, 2.24) is 19.4 Å². The summed E-state index contributed by atoms with van der Waals surface area (Å²) in [5.74, 6) is 1.16. The lowest BCUT2D eigenvalue weighted by atomic mass is 10.1. The number of para-hydroxylation sites is 2. The molecule has 7 heteroatoms. The minimum absolute atomic E-state index is 0.0921. The first-order valence-corrected chi connectivity index (χ1v) is 11.3. The lowest BCUT2D eigenvalue weighted by Gasteiger charge is -2.36. The fourth-order valence-corrected chi connectivity index (χ4v) is 5.10. The van der Waals surface area contributed by atoms with Crippen LogP contribution < -0.4 is 0 Å². The molecule has 7 nitrogen and oxygen atoms in total. The van der Waals surface area contributed by atoms with E-state index in [1.165, 1.54) is 0 Å². The molecule has 1 aromatic heterocycles. The molecule has 1 aliphatic carbocycles. The maximum Gasteiger partial charge on any atom is 0.222 e. The number of fused-ring (bicyclic) bond motifs is 1. The molecule has 3 atom stereocenters. The third-order valence-electron chi connectivity index (χ3n) is 6.79. The van der Waals surface area contributed by atoms with Crippen molar-refractivity contribution in [3.63, 3.8) is 0 Å². The van der Waals surface area contributed by atoms with Crippen molar-refractivity contribution in [2.24, 2.45) is 0 Å². The van der Waals surface area contributed by atoms with Gasteiger partial charge in [0.15, 0.2) is 0 Å². The van der Waals surface area contributed by atoms with Crippen molar-refractivity contribution in [2.75, 3.05) is 33.4 Å².